The third kappa shape index (κ3) is 4.28. The van der Waals surface area contributed by atoms with Crippen molar-refractivity contribution in [1.29, 1.82) is 0 Å². The van der Waals surface area contributed by atoms with Gasteiger partial charge in [-0.1, -0.05) is 19.8 Å². The molecule has 0 aliphatic carbocycles. The van der Waals surface area contributed by atoms with E-state index in [-0.39, 0.29) is 11.5 Å². The number of carboxylic acid groups (broad SMARTS) is 1. The van der Waals surface area contributed by atoms with E-state index in [1.54, 1.807) is 6.92 Å². The van der Waals surface area contributed by atoms with Crippen molar-refractivity contribution in [3.8, 4) is 0 Å². The molecular formula is C18H26N4O3. The predicted octanol–water partition coefficient (Wildman–Crippen LogP) is 2.35. The smallest absolute Gasteiger partial charge is 0.306 e. The van der Waals surface area contributed by atoms with Crippen LogP contribution in [0.2, 0.25) is 0 Å². The molecule has 3 N–H and O–H groups in total. The van der Waals surface area contributed by atoms with Gasteiger partial charge in [-0.25, -0.2) is 4.98 Å². The summed E-state index contributed by atoms with van der Waals surface area (Å²) in [7, 11) is 0. The SMILES string of the molecule is C[C@@H](CCCC[C@@H]1CCN(Cc2c[nH]c3c(=O)[nH]cnc23)C1)C(=O)O. The van der Waals surface area contributed by atoms with E-state index in [4.69, 9.17) is 5.11 Å². The number of carbonyl (C=O) groups is 1. The fourth-order valence-electron chi connectivity index (χ4n) is 3.67. The van der Waals surface area contributed by atoms with E-state index in [0.717, 1.165) is 56.4 Å². The molecule has 3 rings (SSSR count). The number of nitrogens with zero attached hydrogens (tertiary/aromatic N) is 2. The summed E-state index contributed by atoms with van der Waals surface area (Å²) in [5.74, 6) is -0.252. The van der Waals surface area contributed by atoms with Gasteiger partial charge in [-0.2, -0.15) is 0 Å². The third-order valence-electron chi connectivity index (χ3n) is 5.23. The summed E-state index contributed by atoms with van der Waals surface area (Å²) in [6.45, 7) is 4.71. The molecule has 0 spiro atoms. The van der Waals surface area contributed by atoms with E-state index >= 15 is 0 Å². The number of hydrogen-bond donors (Lipinski definition) is 3. The van der Waals surface area contributed by atoms with Gasteiger partial charge in [0.15, 0.2) is 0 Å². The Labute approximate surface area is 146 Å². The number of aromatic nitrogens is 3. The van der Waals surface area contributed by atoms with Gasteiger partial charge in [-0.3, -0.25) is 14.5 Å². The minimum Gasteiger partial charge on any atom is -0.481 e. The van der Waals surface area contributed by atoms with Gasteiger partial charge in [-0.15, -0.1) is 0 Å². The zero-order chi connectivity index (χ0) is 17.8. The van der Waals surface area contributed by atoms with E-state index in [1.165, 1.54) is 12.7 Å². The second kappa shape index (κ2) is 7.82. The number of H-pyrrole nitrogens is 2. The van der Waals surface area contributed by atoms with Gasteiger partial charge < -0.3 is 15.1 Å². The van der Waals surface area contributed by atoms with Crippen molar-refractivity contribution >= 4 is 17.0 Å². The lowest BCUT2D eigenvalue weighted by Crippen LogP contribution is -2.20. The highest BCUT2D eigenvalue weighted by Gasteiger charge is 2.23. The number of nitrogens with one attached hydrogen (secondary N) is 2. The Hall–Kier alpha value is -2.15. The van der Waals surface area contributed by atoms with Crippen LogP contribution >= 0.6 is 0 Å². The molecule has 1 aliphatic heterocycles. The largest absolute Gasteiger partial charge is 0.481 e. The molecule has 2 aromatic rings. The zero-order valence-corrected chi connectivity index (χ0v) is 14.6. The van der Waals surface area contributed by atoms with E-state index in [1.807, 2.05) is 6.20 Å². The lowest BCUT2D eigenvalue weighted by molar-refractivity contribution is -0.141. The molecule has 1 aliphatic rings. The quantitative estimate of drug-likeness (QED) is 0.637. The summed E-state index contributed by atoms with van der Waals surface area (Å²) in [5.41, 5.74) is 2.24. The number of aliphatic carboxylic acids is 1. The van der Waals surface area contributed by atoms with E-state index in [0.29, 0.717) is 11.4 Å². The molecule has 0 aromatic carbocycles. The molecule has 0 saturated carbocycles. The monoisotopic (exact) mass is 346 g/mol. The lowest BCUT2D eigenvalue weighted by atomic mass is 9.97. The van der Waals surface area contributed by atoms with Crippen LogP contribution in [0, 0.1) is 11.8 Å². The van der Waals surface area contributed by atoms with E-state index in [2.05, 4.69) is 19.9 Å². The van der Waals surface area contributed by atoms with Gasteiger partial charge in [-0.05, 0) is 31.7 Å². The second-order valence-electron chi connectivity index (χ2n) is 7.18. The van der Waals surface area contributed by atoms with Gasteiger partial charge >= 0.3 is 5.97 Å². The first-order valence-electron chi connectivity index (χ1n) is 9.03. The van der Waals surface area contributed by atoms with Crippen LogP contribution in [0.25, 0.3) is 11.0 Å². The molecule has 3 heterocycles. The van der Waals surface area contributed by atoms with Crippen LogP contribution in [-0.2, 0) is 11.3 Å². The maximum atomic E-state index is 11.7. The molecule has 7 nitrogen and oxygen atoms in total. The fourth-order valence-corrected chi connectivity index (χ4v) is 3.67. The summed E-state index contributed by atoms with van der Waals surface area (Å²) < 4.78 is 0. The van der Waals surface area contributed by atoms with Crippen molar-refractivity contribution in [3.63, 3.8) is 0 Å². The number of unbranched alkanes of at least 4 members (excludes halogenated alkanes) is 1. The molecule has 2 atom stereocenters. The molecule has 0 amide bonds. The minimum absolute atomic E-state index is 0.133. The molecular weight excluding hydrogens is 320 g/mol. The Bertz CT molecular complexity index is 782. The summed E-state index contributed by atoms with van der Waals surface area (Å²) in [6, 6.07) is 0. The number of rotatable bonds is 8. The topological polar surface area (TPSA) is 102 Å². The number of carboxylic acids is 1. The number of hydrogen-bond acceptors (Lipinski definition) is 4. The number of aromatic amines is 2. The molecule has 7 heteroatoms. The summed E-state index contributed by atoms with van der Waals surface area (Å²) in [6.07, 6.45) is 8.53. The van der Waals surface area contributed by atoms with Gasteiger partial charge in [0.1, 0.15) is 5.52 Å². The fraction of sp³-hybridized carbons (Fsp3) is 0.611. The third-order valence-corrected chi connectivity index (χ3v) is 5.23. The molecule has 136 valence electrons. The maximum Gasteiger partial charge on any atom is 0.306 e. The van der Waals surface area contributed by atoms with Crippen molar-refractivity contribution < 1.29 is 9.90 Å². The molecule has 0 unspecified atom stereocenters. The van der Waals surface area contributed by atoms with Crippen LogP contribution < -0.4 is 5.56 Å². The molecule has 25 heavy (non-hydrogen) atoms. The zero-order valence-electron chi connectivity index (χ0n) is 14.6. The second-order valence-corrected chi connectivity index (χ2v) is 7.18. The summed E-state index contributed by atoms with van der Waals surface area (Å²) in [4.78, 5) is 34.9. The molecule has 1 saturated heterocycles. The van der Waals surface area contributed by atoms with Crippen LogP contribution in [-0.4, -0.2) is 44.0 Å². The van der Waals surface area contributed by atoms with Gasteiger partial charge in [0.25, 0.3) is 5.56 Å². The van der Waals surface area contributed by atoms with E-state index in [9.17, 15) is 9.59 Å². The van der Waals surface area contributed by atoms with E-state index < -0.39 is 5.97 Å². The highest BCUT2D eigenvalue weighted by Crippen LogP contribution is 2.25. The predicted molar refractivity (Wildman–Crippen MR) is 95.4 cm³/mol. The van der Waals surface area contributed by atoms with Gasteiger partial charge in [0.2, 0.25) is 0 Å². The Morgan fingerprint density at radius 3 is 3.08 bits per heavy atom. The minimum atomic E-state index is -0.696. The van der Waals surface area contributed by atoms with Crippen molar-refractivity contribution in [2.45, 2.75) is 45.6 Å². The van der Waals surface area contributed by atoms with Crippen molar-refractivity contribution in [3.05, 3.63) is 28.4 Å². The van der Waals surface area contributed by atoms with Crippen LogP contribution in [0.1, 0.15) is 44.6 Å². The van der Waals surface area contributed by atoms with Gasteiger partial charge in [0, 0.05) is 24.8 Å². The van der Waals surface area contributed by atoms with Crippen molar-refractivity contribution in [2.24, 2.45) is 11.8 Å². The van der Waals surface area contributed by atoms with Crippen LogP contribution in [0.3, 0.4) is 0 Å². The standard InChI is InChI=1S/C18H26N4O3/c1-12(18(24)25)4-2-3-5-13-6-7-22(9-13)10-14-8-19-16-15(14)20-11-21-17(16)23/h8,11-13,19H,2-7,9-10H2,1H3,(H,24,25)(H,20,21,23)/t12-,13+/m0/s1. The number of likely N-dealkylation sites (tertiary alicyclic amines) is 1. The Kier molecular flexibility index (Phi) is 5.53. The summed E-state index contributed by atoms with van der Waals surface area (Å²) >= 11 is 0. The maximum absolute atomic E-state index is 11.7. The Morgan fingerprint density at radius 2 is 2.28 bits per heavy atom. The van der Waals surface area contributed by atoms with Crippen LogP contribution in [0.5, 0.6) is 0 Å². The van der Waals surface area contributed by atoms with Crippen molar-refractivity contribution in [1.82, 2.24) is 19.9 Å². The highest BCUT2D eigenvalue weighted by atomic mass is 16.4. The van der Waals surface area contributed by atoms with Crippen LogP contribution in [0.15, 0.2) is 17.3 Å². The summed E-state index contributed by atoms with van der Waals surface area (Å²) in [5, 5.41) is 8.91. The molecule has 1 fully saturated rings. The normalized spacial score (nSPS) is 19.5. The molecule has 0 radical (unpaired) electrons. The lowest BCUT2D eigenvalue weighted by Gasteiger charge is -2.15. The molecule has 2 aromatic heterocycles. The van der Waals surface area contributed by atoms with Crippen molar-refractivity contribution in [2.75, 3.05) is 13.1 Å². The highest BCUT2D eigenvalue weighted by molar-refractivity contribution is 5.77. The molecule has 0 bridgehead atoms. The Balaban J connectivity index is 1.46. The Morgan fingerprint density at radius 1 is 1.44 bits per heavy atom. The average Bonchev–Trinajstić information content (AvgIpc) is 3.20. The first-order valence-corrected chi connectivity index (χ1v) is 9.03. The first kappa shape index (κ1) is 17.7. The van der Waals surface area contributed by atoms with Crippen LogP contribution in [0.4, 0.5) is 0 Å². The van der Waals surface area contributed by atoms with Gasteiger partial charge in [0.05, 0.1) is 17.8 Å². The number of fused-ring (bicyclic) bond motifs is 1. The first-order chi connectivity index (χ1) is 12.0. The average molecular weight is 346 g/mol.